The fourth-order valence-electron chi connectivity index (χ4n) is 2.63. The summed E-state index contributed by atoms with van der Waals surface area (Å²) >= 11 is 9.63. The minimum atomic E-state index is 0.648. The molecule has 25 heavy (non-hydrogen) atoms. The summed E-state index contributed by atoms with van der Waals surface area (Å²) in [6.45, 7) is 0. The van der Waals surface area contributed by atoms with E-state index in [9.17, 15) is 0 Å². The third kappa shape index (κ3) is 3.34. The Kier molecular flexibility index (Phi) is 4.34. The molecular weight excluding hydrogens is 400 g/mol. The summed E-state index contributed by atoms with van der Waals surface area (Å²) in [4.78, 5) is 13.2. The first kappa shape index (κ1) is 16.0. The number of halogens is 2. The lowest BCUT2D eigenvalue weighted by atomic mass is 10.1. The van der Waals surface area contributed by atoms with Crippen molar-refractivity contribution >= 4 is 49.9 Å². The highest BCUT2D eigenvalue weighted by molar-refractivity contribution is 9.10. The molecule has 0 radical (unpaired) electrons. The van der Waals surface area contributed by atoms with E-state index < -0.39 is 0 Å². The number of para-hydroxylation sites is 1. The van der Waals surface area contributed by atoms with E-state index in [4.69, 9.17) is 11.6 Å². The summed E-state index contributed by atoms with van der Waals surface area (Å²) in [5, 5.41) is 5.00. The Morgan fingerprint density at radius 3 is 2.68 bits per heavy atom. The summed E-state index contributed by atoms with van der Waals surface area (Å²) in [6.07, 6.45) is 1.55. The van der Waals surface area contributed by atoms with Crippen LogP contribution in [0.5, 0.6) is 0 Å². The van der Waals surface area contributed by atoms with Gasteiger partial charge in [0.25, 0.3) is 0 Å². The summed E-state index contributed by atoms with van der Waals surface area (Å²) in [5.74, 6) is 0.740. The molecule has 4 rings (SSSR count). The van der Waals surface area contributed by atoms with Crippen LogP contribution in [0.4, 0.5) is 11.5 Å². The smallest absolute Gasteiger partial charge is 0.141 e. The van der Waals surface area contributed by atoms with Crippen LogP contribution in [0.15, 0.2) is 71.6 Å². The van der Waals surface area contributed by atoms with Gasteiger partial charge < -0.3 is 5.32 Å². The minimum Gasteiger partial charge on any atom is -0.339 e. The normalized spacial score (nSPS) is 10.8. The zero-order valence-corrected chi connectivity index (χ0v) is 15.3. The van der Waals surface area contributed by atoms with Gasteiger partial charge >= 0.3 is 0 Å². The zero-order chi connectivity index (χ0) is 17.2. The van der Waals surface area contributed by atoms with E-state index in [1.807, 2.05) is 60.7 Å². The van der Waals surface area contributed by atoms with Crippen LogP contribution in [0.3, 0.4) is 0 Å². The van der Waals surface area contributed by atoms with Crippen molar-refractivity contribution < 1.29 is 0 Å². The Morgan fingerprint density at radius 2 is 1.80 bits per heavy atom. The first-order valence-corrected chi connectivity index (χ1v) is 8.77. The number of hydrogen-bond acceptors (Lipinski definition) is 4. The average Bonchev–Trinajstić information content (AvgIpc) is 2.63. The number of pyridine rings is 1. The van der Waals surface area contributed by atoms with Crippen molar-refractivity contribution in [3.8, 4) is 11.3 Å². The van der Waals surface area contributed by atoms with Crippen molar-refractivity contribution in [3.05, 3.63) is 76.6 Å². The van der Waals surface area contributed by atoms with Crippen molar-refractivity contribution in [1.82, 2.24) is 15.0 Å². The molecule has 0 aliphatic carbocycles. The van der Waals surface area contributed by atoms with Crippen molar-refractivity contribution in [2.45, 2.75) is 0 Å². The molecule has 4 aromatic rings. The van der Waals surface area contributed by atoms with E-state index >= 15 is 0 Å². The summed E-state index contributed by atoms with van der Waals surface area (Å²) in [6, 6.07) is 19.3. The highest BCUT2D eigenvalue weighted by Gasteiger charge is 2.11. The van der Waals surface area contributed by atoms with Gasteiger partial charge in [0.15, 0.2) is 0 Å². The SMILES string of the molecule is Clc1ccc(Nc2ncnc3ccccc23)c(-c2cccc(Br)n2)c1. The van der Waals surface area contributed by atoms with E-state index in [1.165, 1.54) is 0 Å². The lowest BCUT2D eigenvalue weighted by Crippen LogP contribution is -1.98. The van der Waals surface area contributed by atoms with E-state index in [1.54, 1.807) is 6.33 Å². The van der Waals surface area contributed by atoms with Gasteiger partial charge in [0.05, 0.1) is 11.2 Å². The molecule has 4 nitrogen and oxygen atoms in total. The van der Waals surface area contributed by atoms with Crippen molar-refractivity contribution in [3.63, 3.8) is 0 Å². The van der Waals surface area contributed by atoms with E-state index in [2.05, 4.69) is 36.2 Å². The van der Waals surface area contributed by atoms with Gasteiger partial charge in [-0.25, -0.2) is 15.0 Å². The third-order valence-electron chi connectivity index (χ3n) is 3.77. The van der Waals surface area contributed by atoms with Crippen LogP contribution < -0.4 is 5.32 Å². The molecule has 0 amide bonds. The molecule has 0 bridgehead atoms. The molecule has 2 aromatic carbocycles. The molecule has 0 aliphatic heterocycles. The standard InChI is InChI=1S/C19H12BrClN4/c20-18-7-3-6-16(24-18)14-10-12(21)8-9-17(14)25-19-13-4-1-2-5-15(13)22-11-23-19/h1-11H,(H,22,23,25). The predicted molar refractivity (Wildman–Crippen MR) is 105 cm³/mol. The second-order valence-corrected chi connectivity index (χ2v) is 6.65. The quantitative estimate of drug-likeness (QED) is 0.430. The molecule has 0 atom stereocenters. The largest absolute Gasteiger partial charge is 0.339 e. The molecule has 6 heteroatoms. The highest BCUT2D eigenvalue weighted by atomic mass is 79.9. The van der Waals surface area contributed by atoms with Crippen LogP contribution in [-0.4, -0.2) is 15.0 Å². The second-order valence-electron chi connectivity index (χ2n) is 5.40. The molecule has 0 fully saturated rings. The van der Waals surface area contributed by atoms with Crippen LogP contribution in [0.1, 0.15) is 0 Å². The third-order valence-corrected chi connectivity index (χ3v) is 4.45. The summed E-state index contributed by atoms with van der Waals surface area (Å²) < 4.78 is 0.767. The van der Waals surface area contributed by atoms with Crippen LogP contribution in [-0.2, 0) is 0 Å². The van der Waals surface area contributed by atoms with Crippen LogP contribution >= 0.6 is 27.5 Å². The fourth-order valence-corrected chi connectivity index (χ4v) is 3.14. The lowest BCUT2D eigenvalue weighted by molar-refractivity contribution is 1.22. The molecule has 2 aromatic heterocycles. The Labute approximate surface area is 158 Å². The highest BCUT2D eigenvalue weighted by Crippen LogP contribution is 2.33. The summed E-state index contributed by atoms with van der Waals surface area (Å²) in [5.41, 5.74) is 3.48. The zero-order valence-electron chi connectivity index (χ0n) is 12.9. The van der Waals surface area contributed by atoms with Gasteiger partial charge in [-0.2, -0.15) is 0 Å². The number of nitrogens with one attached hydrogen (secondary N) is 1. The first-order chi connectivity index (χ1) is 12.2. The topological polar surface area (TPSA) is 50.7 Å². The molecule has 122 valence electrons. The van der Waals surface area contributed by atoms with Gasteiger partial charge in [-0.05, 0) is 58.4 Å². The number of anilines is 2. The predicted octanol–water partition coefficient (Wildman–Crippen LogP) is 5.85. The molecule has 2 heterocycles. The van der Waals surface area contributed by atoms with Crippen LogP contribution in [0, 0.1) is 0 Å². The first-order valence-electron chi connectivity index (χ1n) is 7.60. The molecule has 1 N–H and O–H groups in total. The number of benzene rings is 2. The Hall–Kier alpha value is -2.50. The monoisotopic (exact) mass is 410 g/mol. The van der Waals surface area contributed by atoms with E-state index in [0.29, 0.717) is 5.02 Å². The van der Waals surface area contributed by atoms with E-state index in [-0.39, 0.29) is 0 Å². The number of rotatable bonds is 3. The van der Waals surface area contributed by atoms with Gasteiger partial charge in [0.2, 0.25) is 0 Å². The Balaban J connectivity index is 1.83. The van der Waals surface area contributed by atoms with Gasteiger partial charge in [-0.3, -0.25) is 0 Å². The van der Waals surface area contributed by atoms with Crippen LogP contribution in [0.25, 0.3) is 22.2 Å². The maximum atomic E-state index is 6.21. The molecule has 0 aliphatic rings. The molecule has 0 unspecified atom stereocenters. The van der Waals surface area contributed by atoms with Gasteiger partial charge in [0, 0.05) is 21.7 Å². The molecule has 0 saturated heterocycles. The second kappa shape index (κ2) is 6.78. The Bertz CT molecular complexity index is 1060. The average molecular weight is 412 g/mol. The number of hydrogen-bond donors (Lipinski definition) is 1. The molecule has 0 spiro atoms. The molecular formula is C19H12BrClN4. The minimum absolute atomic E-state index is 0.648. The molecule has 0 saturated carbocycles. The maximum absolute atomic E-state index is 6.21. The van der Waals surface area contributed by atoms with Crippen molar-refractivity contribution in [2.75, 3.05) is 5.32 Å². The van der Waals surface area contributed by atoms with E-state index in [0.717, 1.165) is 38.3 Å². The maximum Gasteiger partial charge on any atom is 0.141 e. The lowest BCUT2D eigenvalue weighted by Gasteiger charge is -2.13. The van der Waals surface area contributed by atoms with Crippen molar-refractivity contribution in [2.24, 2.45) is 0 Å². The van der Waals surface area contributed by atoms with Crippen LogP contribution in [0.2, 0.25) is 5.02 Å². The van der Waals surface area contributed by atoms with Gasteiger partial charge in [-0.1, -0.05) is 29.8 Å². The number of aromatic nitrogens is 3. The number of nitrogens with zero attached hydrogens (tertiary/aromatic N) is 3. The van der Waals surface area contributed by atoms with Gasteiger partial charge in [0.1, 0.15) is 16.7 Å². The number of fused-ring (bicyclic) bond motifs is 1. The van der Waals surface area contributed by atoms with Crippen molar-refractivity contribution in [1.29, 1.82) is 0 Å². The van der Waals surface area contributed by atoms with Gasteiger partial charge in [-0.15, -0.1) is 0 Å². The summed E-state index contributed by atoms with van der Waals surface area (Å²) in [7, 11) is 0. The Morgan fingerprint density at radius 1 is 0.920 bits per heavy atom. The fraction of sp³-hybridized carbons (Fsp3) is 0.